The molecule has 4 nitrogen and oxygen atoms in total. The van der Waals surface area contributed by atoms with Crippen molar-refractivity contribution < 1.29 is 17.2 Å². The topological polar surface area (TPSA) is 49.4 Å². The first-order valence-electron chi connectivity index (χ1n) is 4.94. The number of benzene rings is 1. The van der Waals surface area contributed by atoms with E-state index in [2.05, 4.69) is 4.72 Å². The third kappa shape index (κ3) is 4.03. The van der Waals surface area contributed by atoms with Gasteiger partial charge in [0.25, 0.3) is 10.2 Å². The van der Waals surface area contributed by atoms with E-state index in [1.165, 1.54) is 20.2 Å². The van der Waals surface area contributed by atoms with Crippen molar-refractivity contribution >= 4 is 10.2 Å². The van der Waals surface area contributed by atoms with Crippen molar-refractivity contribution in [3.05, 3.63) is 35.4 Å². The van der Waals surface area contributed by atoms with Gasteiger partial charge in [-0.25, -0.2) is 13.5 Å². The third-order valence-electron chi connectivity index (χ3n) is 2.17. The highest BCUT2D eigenvalue weighted by molar-refractivity contribution is 7.87. The highest BCUT2D eigenvalue weighted by atomic mass is 32.2. The van der Waals surface area contributed by atoms with Gasteiger partial charge in [0, 0.05) is 26.7 Å². The maximum absolute atomic E-state index is 13.2. The summed E-state index contributed by atoms with van der Waals surface area (Å²) in [5.41, 5.74) is 0.271. The molecule has 0 aliphatic heterocycles. The zero-order valence-electron chi connectivity index (χ0n) is 9.57. The lowest BCUT2D eigenvalue weighted by atomic mass is 10.1. The Labute approximate surface area is 99.4 Å². The summed E-state index contributed by atoms with van der Waals surface area (Å²) in [6, 6.07) is 3.21. The van der Waals surface area contributed by atoms with E-state index in [4.69, 9.17) is 0 Å². The van der Waals surface area contributed by atoms with E-state index in [1.807, 2.05) is 0 Å². The van der Waals surface area contributed by atoms with Crippen LogP contribution < -0.4 is 4.72 Å². The summed E-state index contributed by atoms with van der Waals surface area (Å²) in [6.45, 7) is 0.0586. The van der Waals surface area contributed by atoms with E-state index >= 15 is 0 Å². The summed E-state index contributed by atoms with van der Waals surface area (Å²) in [7, 11) is -0.723. The molecule has 0 amide bonds. The fourth-order valence-electron chi connectivity index (χ4n) is 1.17. The van der Waals surface area contributed by atoms with Gasteiger partial charge < -0.3 is 0 Å². The number of hydrogen-bond acceptors (Lipinski definition) is 2. The van der Waals surface area contributed by atoms with Gasteiger partial charge in [-0.2, -0.15) is 12.7 Å². The molecule has 0 aliphatic carbocycles. The number of nitrogens with one attached hydrogen (secondary N) is 1. The monoisotopic (exact) mass is 264 g/mol. The Bertz CT molecular complexity index is 489. The maximum atomic E-state index is 13.2. The Morgan fingerprint density at radius 2 is 1.94 bits per heavy atom. The van der Waals surface area contributed by atoms with Crippen LogP contribution in [0.15, 0.2) is 18.2 Å². The van der Waals surface area contributed by atoms with Gasteiger partial charge in [-0.1, -0.05) is 6.07 Å². The van der Waals surface area contributed by atoms with E-state index in [0.717, 1.165) is 16.4 Å². The molecule has 0 fully saturated rings. The van der Waals surface area contributed by atoms with Gasteiger partial charge in [0.2, 0.25) is 0 Å². The average Bonchev–Trinajstić information content (AvgIpc) is 2.21. The fraction of sp³-hybridized carbons (Fsp3) is 0.400. The first kappa shape index (κ1) is 14.0. The predicted octanol–water partition coefficient (Wildman–Crippen LogP) is 0.903. The maximum Gasteiger partial charge on any atom is 0.278 e. The molecule has 0 atom stereocenters. The van der Waals surface area contributed by atoms with Gasteiger partial charge in [0.15, 0.2) is 0 Å². The van der Waals surface area contributed by atoms with Gasteiger partial charge in [-0.05, 0) is 18.1 Å². The third-order valence-corrected chi connectivity index (χ3v) is 3.70. The normalized spacial score (nSPS) is 12.1. The van der Waals surface area contributed by atoms with Crippen molar-refractivity contribution in [3.8, 4) is 0 Å². The van der Waals surface area contributed by atoms with Crippen LogP contribution in [0.25, 0.3) is 0 Å². The standard InChI is InChI=1S/C10H14F2N2O2S/c1-14(2)17(15,16)13-6-5-8-3-4-9(11)7-10(8)12/h3-4,7,13H,5-6H2,1-2H3. The number of nitrogens with zero attached hydrogens (tertiary/aromatic N) is 1. The summed E-state index contributed by atoms with van der Waals surface area (Å²) >= 11 is 0. The molecule has 1 aromatic rings. The molecule has 1 rings (SSSR count). The summed E-state index contributed by atoms with van der Waals surface area (Å²) in [6.07, 6.45) is 0.166. The van der Waals surface area contributed by atoms with Crippen LogP contribution >= 0.6 is 0 Å². The minimum absolute atomic E-state index is 0.0586. The molecule has 0 bridgehead atoms. The van der Waals surface area contributed by atoms with Gasteiger partial charge >= 0.3 is 0 Å². The van der Waals surface area contributed by atoms with Crippen LogP contribution in [-0.4, -0.2) is 33.4 Å². The molecule has 7 heteroatoms. The molecule has 1 N–H and O–H groups in total. The molecule has 0 radical (unpaired) electrons. The Hall–Kier alpha value is -1.05. The minimum Gasteiger partial charge on any atom is -0.207 e. The van der Waals surface area contributed by atoms with Crippen molar-refractivity contribution in [1.82, 2.24) is 9.03 Å². The van der Waals surface area contributed by atoms with Crippen molar-refractivity contribution in [2.75, 3.05) is 20.6 Å². The molecule has 0 saturated heterocycles. The predicted molar refractivity (Wildman–Crippen MR) is 60.7 cm³/mol. The van der Waals surface area contributed by atoms with Crippen LogP contribution in [0.4, 0.5) is 8.78 Å². The van der Waals surface area contributed by atoms with Crippen molar-refractivity contribution in [2.24, 2.45) is 0 Å². The van der Waals surface area contributed by atoms with Gasteiger partial charge in [-0.3, -0.25) is 0 Å². The summed E-state index contributed by atoms with van der Waals surface area (Å²) in [4.78, 5) is 0. The Kier molecular flexibility index (Phi) is 4.55. The van der Waals surface area contributed by atoms with Gasteiger partial charge in [0.05, 0.1) is 0 Å². The van der Waals surface area contributed by atoms with Crippen LogP contribution in [0.2, 0.25) is 0 Å². The van der Waals surface area contributed by atoms with Gasteiger partial charge in [0.1, 0.15) is 11.6 Å². The second-order valence-electron chi connectivity index (χ2n) is 3.67. The van der Waals surface area contributed by atoms with E-state index in [1.54, 1.807) is 0 Å². The molecule has 0 saturated carbocycles. The van der Waals surface area contributed by atoms with Crippen LogP contribution in [0, 0.1) is 11.6 Å². The molecule has 96 valence electrons. The zero-order chi connectivity index (χ0) is 13.1. The Balaban J connectivity index is 2.58. The molecule has 0 aromatic heterocycles. The quantitative estimate of drug-likeness (QED) is 0.859. The smallest absolute Gasteiger partial charge is 0.207 e. The summed E-state index contributed by atoms with van der Waals surface area (Å²) < 4.78 is 51.8. The SMILES string of the molecule is CN(C)S(=O)(=O)NCCc1ccc(F)cc1F. The lowest BCUT2D eigenvalue weighted by Gasteiger charge is -2.12. The molecule has 0 heterocycles. The van der Waals surface area contributed by atoms with E-state index in [0.29, 0.717) is 0 Å². The number of halogens is 2. The molecule has 17 heavy (non-hydrogen) atoms. The fourth-order valence-corrected chi connectivity index (χ4v) is 1.79. The largest absolute Gasteiger partial charge is 0.278 e. The van der Waals surface area contributed by atoms with Gasteiger partial charge in [-0.15, -0.1) is 0 Å². The first-order valence-corrected chi connectivity index (χ1v) is 6.38. The lowest BCUT2D eigenvalue weighted by Crippen LogP contribution is -2.36. The zero-order valence-corrected chi connectivity index (χ0v) is 10.4. The van der Waals surface area contributed by atoms with E-state index in [9.17, 15) is 17.2 Å². The second-order valence-corrected chi connectivity index (χ2v) is 5.64. The molecule has 0 spiro atoms. The first-order chi connectivity index (χ1) is 7.83. The van der Waals surface area contributed by atoms with Crippen molar-refractivity contribution in [1.29, 1.82) is 0 Å². The molecule has 1 aromatic carbocycles. The average molecular weight is 264 g/mol. The Morgan fingerprint density at radius 3 is 2.47 bits per heavy atom. The Morgan fingerprint density at radius 1 is 1.29 bits per heavy atom. The number of hydrogen-bond donors (Lipinski definition) is 1. The van der Waals surface area contributed by atoms with E-state index in [-0.39, 0.29) is 18.5 Å². The van der Waals surface area contributed by atoms with Crippen LogP contribution in [-0.2, 0) is 16.6 Å². The highest BCUT2D eigenvalue weighted by Gasteiger charge is 2.12. The van der Waals surface area contributed by atoms with Crippen molar-refractivity contribution in [2.45, 2.75) is 6.42 Å². The molecular weight excluding hydrogens is 250 g/mol. The lowest BCUT2D eigenvalue weighted by molar-refractivity contribution is 0.504. The minimum atomic E-state index is -3.50. The number of rotatable bonds is 5. The summed E-state index contributed by atoms with van der Waals surface area (Å²) in [5.74, 6) is -1.32. The summed E-state index contributed by atoms with van der Waals surface area (Å²) in [5, 5.41) is 0. The van der Waals surface area contributed by atoms with Crippen molar-refractivity contribution in [3.63, 3.8) is 0 Å². The van der Waals surface area contributed by atoms with Crippen LogP contribution in [0.3, 0.4) is 0 Å². The van der Waals surface area contributed by atoms with E-state index < -0.39 is 21.8 Å². The van der Waals surface area contributed by atoms with Crippen LogP contribution in [0.1, 0.15) is 5.56 Å². The second kappa shape index (κ2) is 5.52. The molecule has 0 aliphatic rings. The molecular formula is C10H14F2N2O2S. The van der Waals surface area contributed by atoms with Crippen LogP contribution in [0.5, 0.6) is 0 Å². The highest BCUT2D eigenvalue weighted by Crippen LogP contribution is 2.09. The molecule has 0 unspecified atom stereocenters.